The van der Waals surface area contributed by atoms with Gasteiger partial charge in [0, 0.05) is 16.6 Å². The maximum absolute atomic E-state index is 9.78. The van der Waals surface area contributed by atoms with E-state index in [9.17, 15) is 5.11 Å². The van der Waals surface area contributed by atoms with Crippen molar-refractivity contribution in [3.05, 3.63) is 27.7 Å². The summed E-state index contributed by atoms with van der Waals surface area (Å²) in [7, 11) is 0. The zero-order valence-electron chi connectivity index (χ0n) is 9.14. The molecule has 1 unspecified atom stereocenters. The number of phenolic OH excluding ortho intramolecular Hbond substituents is 1. The first-order valence-electron chi connectivity index (χ1n) is 4.87. The van der Waals surface area contributed by atoms with Crippen LogP contribution in [0.25, 0.3) is 0 Å². The number of halogens is 2. The van der Waals surface area contributed by atoms with Gasteiger partial charge in [-0.05, 0) is 26.0 Å². The van der Waals surface area contributed by atoms with Crippen molar-refractivity contribution in [1.29, 1.82) is 0 Å². The average Bonchev–Trinajstić information content (AvgIpc) is 2.23. The van der Waals surface area contributed by atoms with Crippen LogP contribution in [0.15, 0.2) is 12.1 Å². The lowest BCUT2D eigenvalue weighted by Crippen LogP contribution is -2.18. The molecule has 16 heavy (non-hydrogen) atoms. The summed E-state index contributed by atoms with van der Waals surface area (Å²) in [5.74, 6) is 5.74. The Morgan fingerprint density at radius 1 is 1.44 bits per heavy atom. The van der Waals surface area contributed by atoms with Crippen LogP contribution in [0.5, 0.6) is 5.75 Å². The molecule has 0 aliphatic rings. The average molecular weight is 258 g/mol. The van der Waals surface area contributed by atoms with Gasteiger partial charge < -0.3 is 5.11 Å². The van der Waals surface area contributed by atoms with Gasteiger partial charge in [-0.2, -0.15) is 0 Å². The molecule has 0 bridgehead atoms. The summed E-state index contributed by atoms with van der Waals surface area (Å²) in [6.45, 7) is 4.25. The van der Waals surface area contributed by atoms with E-state index in [2.05, 4.69) is 17.2 Å². The van der Waals surface area contributed by atoms with Crippen LogP contribution in [0, 0.1) is 11.8 Å². The van der Waals surface area contributed by atoms with E-state index in [1.807, 2.05) is 6.92 Å². The number of phenols is 1. The van der Waals surface area contributed by atoms with Gasteiger partial charge in [0.2, 0.25) is 0 Å². The Labute approximate surface area is 106 Å². The highest BCUT2D eigenvalue weighted by atomic mass is 35.5. The lowest BCUT2D eigenvalue weighted by atomic mass is 10.1. The number of aromatic hydroxyl groups is 1. The minimum absolute atomic E-state index is 0.0583. The van der Waals surface area contributed by atoms with Gasteiger partial charge in [-0.25, -0.2) is 0 Å². The molecule has 1 aromatic carbocycles. The minimum Gasteiger partial charge on any atom is -0.506 e. The fourth-order valence-electron chi connectivity index (χ4n) is 1.32. The maximum atomic E-state index is 9.78. The fourth-order valence-corrected chi connectivity index (χ4v) is 1.83. The van der Waals surface area contributed by atoms with Crippen LogP contribution in [0.1, 0.15) is 25.5 Å². The van der Waals surface area contributed by atoms with Crippen molar-refractivity contribution in [1.82, 2.24) is 5.32 Å². The Hall–Kier alpha value is -0.880. The summed E-state index contributed by atoms with van der Waals surface area (Å²) in [5, 5.41) is 13.7. The summed E-state index contributed by atoms with van der Waals surface area (Å²) < 4.78 is 0. The highest BCUT2D eigenvalue weighted by molar-refractivity contribution is 6.35. The van der Waals surface area contributed by atoms with E-state index in [-0.39, 0.29) is 16.8 Å². The molecule has 1 aromatic rings. The van der Waals surface area contributed by atoms with E-state index in [1.54, 1.807) is 13.0 Å². The second-order valence-corrected chi connectivity index (χ2v) is 4.20. The lowest BCUT2D eigenvalue weighted by molar-refractivity contribution is 0.456. The van der Waals surface area contributed by atoms with Gasteiger partial charge in [0.25, 0.3) is 0 Å². The number of benzene rings is 1. The van der Waals surface area contributed by atoms with Crippen molar-refractivity contribution in [2.24, 2.45) is 0 Å². The predicted molar refractivity (Wildman–Crippen MR) is 68.0 cm³/mol. The molecule has 2 nitrogen and oxygen atoms in total. The molecule has 2 N–H and O–H groups in total. The van der Waals surface area contributed by atoms with Crippen LogP contribution in [-0.2, 0) is 0 Å². The summed E-state index contributed by atoms with van der Waals surface area (Å²) in [5.41, 5.74) is 0.676. The second-order valence-electron chi connectivity index (χ2n) is 3.35. The van der Waals surface area contributed by atoms with Gasteiger partial charge in [-0.1, -0.05) is 29.1 Å². The zero-order chi connectivity index (χ0) is 12.1. The fraction of sp³-hybridized carbons (Fsp3) is 0.333. The van der Waals surface area contributed by atoms with Crippen LogP contribution in [0.3, 0.4) is 0 Å². The maximum Gasteiger partial charge on any atom is 0.139 e. The van der Waals surface area contributed by atoms with Gasteiger partial charge in [0.1, 0.15) is 5.75 Å². The topological polar surface area (TPSA) is 32.3 Å². The third-order valence-corrected chi connectivity index (χ3v) is 2.70. The molecule has 4 heteroatoms. The van der Waals surface area contributed by atoms with Crippen molar-refractivity contribution < 1.29 is 5.11 Å². The summed E-state index contributed by atoms with van der Waals surface area (Å²) in [4.78, 5) is 0. The van der Waals surface area contributed by atoms with Crippen LogP contribution in [0.2, 0.25) is 10.0 Å². The number of hydrogen-bond acceptors (Lipinski definition) is 2. The predicted octanol–water partition coefficient (Wildman–Crippen LogP) is 3.37. The van der Waals surface area contributed by atoms with E-state index < -0.39 is 0 Å². The van der Waals surface area contributed by atoms with Crippen LogP contribution >= 0.6 is 23.2 Å². The summed E-state index contributed by atoms with van der Waals surface area (Å²) in [6.07, 6.45) is 0. The quantitative estimate of drug-likeness (QED) is 0.814. The van der Waals surface area contributed by atoms with E-state index in [0.29, 0.717) is 17.1 Å². The Morgan fingerprint density at radius 3 is 2.75 bits per heavy atom. The Kier molecular flexibility index (Phi) is 4.95. The molecule has 0 spiro atoms. The summed E-state index contributed by atoms with van der Waals surface area (Å²) >= 11 is 11.7. The zero-order valence-corrected chi connectivity index (χ0v) is 10.7. The Morgan fingerprint density at radius 2 is 2.12 bits per heavy atom. The van der Waals surface area contributed by atoms with Gasteiger partial charge >= 0.3 is 0 Å². The van der Waals surface area contributed by atoms with Gasteiger partial charge in [-0.15, -0.1) is 5.92 Å². The molecular weight excluding hydrogens is 245 g/mol. The molecule has 0 saturated heterocycles. The third kappa shape index (κ3) is 3.31. The molecule has 1 rings (SSSR count). The normalized spacial score (nSPS) is 11.8. The van der Waals surface area contributed by atoms with Gasteiger partial charge in [0.05, 0.1) is 11.6 Å². The smallest absolute Gasteiger partial charge is 0.139 e. The highest BCUT2D eigenvalue weighted by Crippen LogP contribution is 2.34. The number of nitrogens with one attached hydrogen (secondary N) is 1. The van der Waals surface area contributed by atoms with E-state index in [1.165, 1.54) is 6.07 Å². The van der Waals surface area contributed by atoms with Crippen molar-refractivity contribution >= 4 is 23.2 Å². The largest absolute Gasteiger partial charge is 0.506 e. The lowest BCUT2D eigenvalue weighted by Gasteiger charge is -2.15. The molecule has 86 valence electrons. The SMILES string of the molecule is CC#CCNC(C)c1cc(Cl)cc(Cl)c1O. The first-order chi connectivity index (χ1) is 7.56. The molecule has 0 amide bonds. The van der Waals surface area contributed by atoms with Crippen LogP contribution in [-0.4, -0.2) is 11.7 Å². The Balaban J connectivity index is 2.88. The first kappa shape index (κ1) is 13.2. The first-order valence-corrected chi connectivity index (χ1v) is 5.62. The molecular formula is C12H13Cl2NO. The molecule has 0 fully saturated rings. The molecule has 0 aromatic heterocycles. The molecule has 0 radical (unpaired) electrons. The minimum atomic E-state index is -0.0583. The van der Waals surface area contributed by atoms with E-state index in [4.69, 9.17) is 23.2 Å². The molecule has 0 saturated carbocycles. The molecule has 0 aliphatic carbocycles. The monoisotopic (exact) mass is 257 g/mol. The van der Waals surface area contributed by atoms with Crippen LogP contribution in [0.4, 0.5) is 0 Å². The van der Waals surface area contributed by atoms with Crippen molar-refractivity contribution in [3.8, 4) is 17.6 Å². The highest BCUT2D eigenvalue weighted by Gasteiger charge is 2.13. The second kappa shape index (κ2) is 6.00. The van der Waals surface area contributed by atoms with Gasteiger partial charge in [0.15, 0.2) is 0 Å². The van der Waals surface area contributed by atoms with E-state index >= 15 is 0 Å². The van der Waals surface area contributed by atoms with Crippen molar-refractivity contribution in [2.45, 2.75) is 19.9 Å². The van der Waals surface area contributed by atoms with Gasteiger partial charge in [-0.3, -0.25) is 5.32 Å². The molecule has 1 atom stereocenters. The molecule has 0 heterocycles. The number of hydrogen-bond donors (Lipinski definition) is 2. The third-order valence-electron chi connectivity index (χ3n) is 2.20. The molecule has 0 aliphatic heterocycles. The standard InChI is InChI=1S/C12H13Cl2NO/c1-3-4-5-15-8(2)10-6-9(13)7-11(14)12(10)16/h6-8,15-16H,5H2,1-2H3. The van der Waals surface area contributed by atoms with Crippen molar-refractivity contribution in [2.75, 3.05) is 6.54 Å². The van der Waals surface area contributed by atoms with Crippen LogP contribution < -0.4 is 5.32 Å². The number of rotatable bonds is 3. The Bertz CT molecular complexity index is 435. The summed E-state index contributed by atoms with van der Waals surface area (Å²) in [6, 6.07) is 3.15. The van der Waals surface area contributed by atoms with E-state index in [0.717, 1.165) is 0 Å². The van der Waals surface area contributed by atoms with Crippen molar-refractivity contribution in [3.63, 3.8) is 0 Å².